The molecule has 0 aromatic heterocycles. The van der Waals surface area contributed by atoms with Crippen molar-refractivity contribution in [2.45, 2.75) is 13.0 Å². The maximum Gasteiger partial charge on any atom is 0.325 e. The number of rotatable bonds is 3. The Kier molecular flexibility index (Phi) is 4.28. The highest BCUT2D eigenvalue weighted by Gasteiger charge is 2.14. The average molecular weight is 261 g/mol. The van der Waals surface area contributed by atoms with Gasteiger partial charge in [0, 0.05) is 0 Å². The summed E-state index contributed by atoms with van der Waals surface area (Å²) >= 11 is 5.67. The molecule has 0 spiro atoms. The van der Waals surface area contributed by atoms with Gasteiger partial charge in [0.25, 0.3) is 0 Å². The third kappa shape index (κ3) is 3.92. The molecule has 7 heteroatoms. The van der Waals surface area contributed by atoms with Crippen LogP contribution in [0.1, 0.15) is 6.92 Å². The number of anilines is 1. The monoisotopic (exact) mass is 260 g/mol. The molecule has 0 bridgehead atoms. The molecule has 1 atom stereocenters. The zero-order valence-corrected chi connectivity index (χ0v) is 9.58. The fourth-order valence-electron chi connectivity index (χ4n) is 1.01. The summed E-state index contributed by atoms with van der Waals surface area (Å²) in [6.07, 6.45) is 0. The van der Waals surface area contributed by atoms with Gasteiger partial charge in [0.1, 0.15) is 11.9 Å². The molecule has 92 valence electrons. The lowest BCUT2D eigenvalue weighted by Crippen LogP contribution is -2.40. The number of benzene rings is 1. The van der Waals surface area contributed by atoms with Crippen molar-refractivity contribution in [3.05, 3.63) is 29.0 Å². The smallest absolute Gasteiger partial charge is 0.325 e. The molecule has 1 aromatic rings. The minimum atomic E-state index is -1.16. The van der Waals surface area contributed by atoms with Gasteiger partial charge in [-0.25, -0.2) is 9.18 Å². The summed E-state index contributed by atoms with van der Waals surface area (Å²) in [5.41, 5.74) is 0.197. The molecule has 0 aliphatic heterocycles. The summed E-state index contributed by atoms with van der Waals surface area (Å²) in [5, 5.41) is 13.1. The largest absolute Gasteiger partial charge is 0.480 e. The second kappa shape index (κ2) is 5.49. The summed E-state index contributed by atoms with van der Waals surface area (Å²) in [6, 6.07) is 1.69. The lowest BCUT2D eigenvalue weighted by atomic mass is 10.3. The quantitative estimate of drug-likeness (QED) is 0.778. The van der Waals surface area contributed by atoms with E-state index in [4.69, 9.17) is 16.7 Å². The van der Waals surface area contributed by atoms with Crippen LogP contribution in [0, 0.1) is 5.82 Å². The minimum absolute atomic E-state index is 0.0307. The number of hydrogen-bond acceptors (Lipinski definition) is 2. The molecule has 0 saturated heterocycles. The molecular formula is C10H10ClFN2O3. The summed E-state index contributed by atoms with van der Waals surface area (Å²) in [4.78, 5) is 21.8. The van der Waals surface area contributed by atoms with E-state index in [2.05, 4.69) is 10.6 Å². The summed E-state index contributed by atoms with van der Waals surface area (Å²) < 4.78 is 12.7. The molecule has 0 saturated carbocycles. The number of halogens is 2. The fourth-order valence-corrected chi connectivity index (χ4v) is 1.22. The van der Waals surface area contributed by atoms with Gasteiger partial charge in [-0.2, -0.15) is 0 Å². The second-order valence-electron chi connectivity index (χ2n) is 3.28. The SMILES string of the molecule is CC(NC(=O)Nc1ccc(F)cc1Cl)C(=O)O. The zero-order valence-electron chi connectivity index (χ0n) is 8.83. The molecule has 0 heterocycles. The van der Waals surface area contributed by atoms with Crippen molar-refractivity contribution in [1.82, 2.24) is 5.32 Å². The Hall–Kier alpha value is -1.82. The zero-order chi connectivity index (χ0) is 13.0. The number of carbonyl (C=O) groups excluding carboxylic acids is 1. The standard InChI is InChI=1S/C10H10ClFN2O3/c1-5(9(15)16)13-10(17)14-8-3-2-6(12)4-7(8)11/h2-5H,1H3,(H,15,16)(H2,13,14,17). The van der Waals surface area contributed by atoms with Crippen LogP contribution in [0.5, 0.6) is 0 Å². The third-order valence-corrected chi connectivity index (χ3v) is 2.21. The first-order chi connectivity index (χ1) is 7.90. The third-order valence-electron chi connectivity index (χ3n) is 1.90. The van der Waals surface area contributed by atoms with Crippen LogP contribution >= 0.6 is 11.6 Å². The van der Waals surface area contributed by atoms with E-state index in [0.29, 0.717) is 0 Å². The Balaban J connectivity index is 2.65. The van der Waals surface area contributed by atoms with E-state index < -0.39 is 23.9 Å². The Morgan fingerprint density at radius 3 is 2.65 bits per heavy atom. The van der Waals surface area contributed by atoms with E-state index in [9.17, 15) is 14.0 Å². The van der Waals surface area contributed by atoms with Crippen LogP contribution in [0.15, 0.2) is 18.2 Å². The van der Waals surface area contributed by atoms with E-state index in [0.717, 1.165) is 12.1 Å². The Morgan fingerprint density at radius 2 is 2.12 bits per heavy atom. The van der Waals surface area contributed by atoms with Gasteiger partial charge in [-0.15, -0.1) is 0 Å². The van der Waals surface area contributed by atoms with Crippen LogP contribution in [-0.2, 0) is 4.79 Å². The number of nitrogens with one attached hydrogen (secondary N) is 2. The lowest BCUT2D eigenvalue weighted by Gasteiger charge is -2.11. The first-order valence-electron chi connectivity index (χ1n) is 4.65. The molecule has 2 amide bonds. The van der Waals surface area contributed by atoms with Gasteiger partial charge < -0.3 is 15.7 Å². The first-order valence-corrected chi connectivity index (χ1v) is 5.03. The number of hydrogen-bond donors (Lipinski definition) is 3. The normalized spacial score (nSPS) is 11.7. The molecule has 0 radical (unpaired) electrons. The van der Waals surface area contributed by atoms with E-state index >= 15 is 0 Å². The van der Waals surface area contributed by atoms with Crippen molar-refractivity contribution in [3.8, 4) is 0 Å². The summed E-state index contributed by atoms with van der Waals surface area (Å²) in [7, 11) is 0. The molecule has 17 heavy (non-hydrogen) atoms. The predicted molar refractivity (Wildman–Crippen MR) is 60.7 cm³/mol. The molecular weight excluding hydrogens is 251 g/mol. The summed E-state index contributed by atoms with van der Waals surface area (Å²) in [6.45, 7) is 1.31. The van der Waals surface area contributed by atoms with Gasteiger partial charge in [-0.3, -0.25) is 4.79 Å². The molecule has 1 unspecified atom stereocenters. The minimum Gasteiger partial charge on any atom is -0.480 e. The highest BCUT2D eigenvalue weighted by Crippen LogP contribution is 2.22. The number of aliphatic carboxylic acids is 1. The topological polar surface area (TPSA) is 78.4 Å². The highest BCUT2D eigenvalue weighted by molar-refractivity contribution is 6.33. The maximum absolute atomic E-state index is 12.7. The van der Waals surface area contributed by atoms with Crippen molar-refractivity contribution < 1.29 is 19.1 Å². The van der Waals surface area contributed by atoms with Crippen LogP contribution in [0.3, 0.4) is 0 Å². The van der Waals surface area contributed by atoms with Crippen molar-refractivity contribution in [3.63, 3.8) is 0 Å². The van der Waals surface area contributed by atoms with E-state index in [1.807, 2.05) is 0 Å². The Morgan fingerprint density at radius 1 is 1.47 bits per heavy atom. The molecule has 0 fully saturated rings. The number of amides is 2. The molecule has 5 nitrogen and oxygen atoms in total. The Labute approximate surface area is 102 Å². The first kappa shape index (κ1) is 13.2. The second-order valence-corrected chi connectivity index (χ2v) is 3.69. The molecule has 1 rings (SSSR count). The van der Waals surface area contributed by atoms with Crippen LogP contribution in [0.25, 0.3) is 0 Å². The number of carboxylic acids is 1. The van der Waals surface area contributed by atoms with Gasteiger partial charge in [0.15, 0.2) is 0 Å². The summed E-state index contributed by atoms with van der Waals surface area (Å²) in [5.74, 6) is -1.69. The van der Waals surface area contributed by atoms with Crippen LogP contribution in [-0.4, -0.2) is 23.1 Å². The molecule has 0 aliphatic carbocycles. The van der Waals surface area contributed by atoms with E-state index in [-0.39, 0.29) is 10.7 Å². The van der Waals surface area contributed by atoms with Gasteiger partial charge in [-0.1, -0.05) is 11.6 Å². The van der Waals surface area contributed by atoms with Crippen molar-refractivity contribution >= 4 is 29.3 Å². The van der Waals surface area contributed by atoms with Gasteiger partial charge in [0.2, 0.25) is 0 Å². The molecule has 0 aliphatic rings. The van der Waals surface area contributed by atoms with E-state index in [1.165, 1.54) is 13.0 Å². The molecule has 3 N–H and O–H groups in total. The molecule has 1 aromatic carbocycles. The van der Waals surface area contributed by atoms with Crippen LogP contribution < -0.4 is 10.6 Å². The van der Waals surface area contributed by atoms with Gasteiger partial charge in [-0.05, 0) is 25.1 Å². The van der Waals surface area contributed by atoms with Crippen molar-refractivity contribution in [2.24, 2.45) is 0 Å². The number of urea groups is 1. The van der Waals surface area contributed by atoms with Gasteiger partial charge in [0.05, 0.1) is 10.7 Å². The van der Waals surface area contributed by atoms with E-state index in [1.54, 1.807) is 0 Å². The van der Waals surface area contributed by atoms with Crippen molar-refractivity contribution in [1.29, 1.82) is 0 Å². The fraction of sp³-hybridized carbons (Fsp3) is 0.200. The predicted octanol–water partition coefficient (Wildman–Crippen LogP) is 2.07. The Bertz CT molecular complexity index is 453. The maximum atomic E-state index is 12.7. The van der Waals surface area contributed by atoms with Crippen molar-refractivity contribution in [2.75, 3.05) is 5.32 Å². The number of carboxylic acid groups (broad SMARTS) is 1. The highest BCUT2D eigenvalue weighted by atomic mass is 35.5. The van der Waals surface area contributed by atoms with Crippen LogP contribution in [0.2, 0.25) is 5.02 Å². The average Bonchev–Trinajstić information content (AvgIpc) is 2.22. The van der Waals surface area contributed by atoms with Crippen LogP contribution in [0.4, 0.5) is 14.9 Å². The lowest BCUT2D eigenvalue weighted by molar-refractivity contribution is -0.138. The van der Waals surface area contributed by atoms with Gasteiger partial charge >= 0.3 is 12.0 Å². The number of carbonyl (C=O) groups is 2.